The number of thioether (sulfide) groups is 1. The van der Waals surface area contributed by atoms with Crippen molar-refractivity contribution >= 4 is 17.7 Å². The van der Waals surface area contributed by atoms with Crippen LogP contribution < -0.4 is 11.1 Å². The molecule has 1 saturated carbocycles. The minimum absolute atomic E-state index is 0.225. The molecule has 0 spiro atoms. The molecule has 0 aromatic carbocycles. The maximum absolute atomic E-state index is 11.5. The molecule has 1 aliphatic rings. The molecule has 1 rings (SSSR count). The zero-order valence-electron chi connectivity index (χ0n) is 9.41. The predicted octanol–water partition coefficient (Wildman–Crippen LogP) is 0.219. The Hall–Kier alpha value is -0.260. The number of hydrogen-bond acceptors (Lipinski definition) is 4. The lowest BCUT2D eigenvalue weighted by Gasteiger charge is -2.30. The van der Waals surface area contributed by atoms with Crippen molar-refractivity contribution in [2.45, 2.75) is 18.4 Å². The third-order valence-electron chi connectivity index (χ3n) is 2.92. The molecule has 0 aromatic heterocycles. The van der Waals surface area contributed by atoms with Crippen LogP contribution in [0.3, 0.4) is 0 Å². The van der Waals surface area contributed by atoms with Gasteiger partial charge in [0.1, 0.15) is 5.54 Å². The molecule has 0 bridgehead atoms. The first-order valence-corrected chi connectivity index (χ1v) is 6.38. The van der Waals surface area contributed by atoms with E-state index in [-0.39, 0.29) is 5.91 Å². The lowest BCUT2D eigenvalue weighted by molar-refractivity contribution is -0.124. The Kier molecular flexibility index (Phi) is 4.89. The predicted molar refractivity (Wildman–Crippen MR) is 62.9 cm³/mol. The number of primary amides is 1. The molecule has 1 amide bonds. The number of ether oxygens (including phenoxy) is 1. The highest BCUT2D eigenvalue weighted by Gasteiger charge is 2.48. The van der Waals surface area contributed by atoms with Crippen LogP contribution in [0.4, 0.5) is 0 Å². The highest BCUT2D eigenvalue weighted by Crippen LogP contribution is 2.41. The number of carbonyl (C=O) groups is 1. The van der Waals surface area contributed by atoms with Crippen LogP contribution in [-0.2, 0) is 9.53 Å². The highest BCUT2D eigenvalue weighted by atomic mass is 32.2. The Labute approximate surface area is 95.3 Å². The van der Waals surface area contributed by atoms with E-state index < -0.39 is 5.54 Å². The van der Waals surface area contributed by atoms with Gasteiger partial charge in [-0.15, -0.1) is 0 Å². The van der Waals surface area contributed by atoms with E-state index in [9.17, 15) is 4.79 Å². The van der Waals surface area contributed by atoms with Gasteiger partial charge in [0.05, 0.1) is 6.61 Å². The summed E-state index contributed by atoms with van der Waals surface area (Å²) in [5.41, 5.74) is 4.99. The van der Waals surface area contributed by atoms with E-state index in [4.69, 9.17) is 10.5 Å². The van der Waals surface area contributed by atoms with Gasteiger partial charge in [0.25, 0.3) is 0 Å². The second-order valence-corrected chi connectivity index (χ2v) is 5.01. The standard InChI is InChI=1S/C10H20N2O2S/c1-12-10(9(11)13,8-3-4-8)7-15-6-5-14-2/h8,12H,3-7H2,1-2H3,(H2,11,13). The van der Waals surface area contributed by atoms with Gasteiger partial charge < -0.3 is 15.8 Å². The number of carbonyl (C=O) groups excluding carboxylic acids is 1. The molecule has 1 atom stereocenters. The Balaban J connectivity index is 2.44. The quantitative estimate of drug-likeness (QED) is 0.588. The van der Waals surface area contributed by atoms with E-state index in [2.05, 4.69) is 5.32 Å². The summed E-state index contributed by atoms with van der Waals surface area (Å²) in [6, 6.07) is 0. The van der Waals surface area contributed by atoms with Gasteiger partial charge in [-0.25, -0.2) is 0 Å². The van der Waals surface area contributed by atoms with Crippen LogP contribution in [0.25, 0.3) is 0 Å². The molecule has 0 aliphatic heterocycles. The van der Waals surface area contributed by atoms with Gasteiger partial charge in [-0.2, -0.15) is 11.8 Å². The highest BCUT2D eigenvalue weighted by molar-refractivity contribution is 7.99. The summed E-state index contributed by atoms with van der Waals surface area (Å²) in [6.45, 7) is 0.716. The van der Waals surface area contributed by atoms with E-state index in [1.165, 1.54) is 0 Å². The van der Waals surface area contributed by atoms with Crippen LogP contribution in [0, 0.1) is 5.92 Å². The van der Waals surface area contributed by atoms with Gasteiger partial charge in [0.15, 0.2) is 0 Å². The summed E-state index contributed by atoms with van der Waals surface area (Å²) >= 11 is 1.72. The lowest BCUT2D eigenvalue weighted by atomic mass is 9.95. The summed E-state index contributed by atoms with van der Waals surface area (Å²) in [5.74, 6) is 1.85. The number of amides is 1. The van der Waals surface area contributed by atoms with Crippen molar-refractivity contribution in [3.05, 3.63) is 0 Å². The fourth-order valence-corrected chi connectivity index (χ4v) is 3.01. The van der Waals surface area contributed by atoms with Crippen molar-refractivity contribution in [1.29, 1.82) is 0 Å². The summed E-state index contributed by atoms with van der Waals surface area (Å²) in [7, 11) is 3.50. The molecule has 5 heteroatoms. The number of nitrogens with two attached hydrogens (primary N) is 1. The van der Waals surface area contributed by atoms with Crippen LogP contribution in [0.2, 0.25) is 0 Å². The Morgan fingerprint density at radius 2 is 2.33 bits per heavy atom. The molecule has 4 nitrogen and oxygen atoms in total. The van der Waals surface area contributed by atoms with Crippen LogP contribution in [0.15, 0.2) is 0 Å². The zero-order chi connectivity index (χ0) is 11.3. The molecule has 1 fully saturated rings. The normalized spacial score (nSPS) is 19.9. The van der Waals surface area contributed by atoms with Gasteiger partial charge in [0, 0.05) is 18.6 Å². The SMILES string of the molecule is CNC(CSCCOC)(C(N)=O)C1CC1. The molecule has 0 heterocycles. The molecule has 0 saturated heterocycles. The van der Waals surface area contributed by atoms with Crippen LogP contribution in [-0.4, -0.2) is 43.7 Å². The third kappa shape index (κ3) is 3.09. The van der Waals surface area contributed by atoms with Crippen LogP contribution in [0.5, 0.6) is 0 Å². The Morgan fingerprint density at radius 1 is 1.67 bits per heavy atom. The van der Waals surface area contributed by atoms with Gasteiger partial charge in [-0.3, -0.25) is 4.79 Å². The lowest BCUT2D eigenvalue weighted by Crippen LogP contribution is -2.58. The molecular formula is C10H20N2O2S. The van der Waals surface area contributed by atoms with Crippen molar-refractivity contribution < 1.29 is 9.53 Å². The second kappa shape index (κ2) is 5.72. The number of hydrogen-bond donors (Lipinski definition) is 2. The Bertz CT molecular complexity index is 221. The average Bonchev–Trinajstić information content (AvgIpc) is 3.02. The van der Waals surface area contributed by atoms with Gasteiger partial charge >= 0.3 is 0 Å². The van der Waals surface area contributed by atoms with E-state index in [1.807, 2.05) is 7.05 Å². The average molecular weight is 232 g/mol. The molecule has 0 radical (unpaired) electrons. The minimum atomic E-state index is -0.502. The second-order valence-electron chi connectivity index (χ2n) is 3.91. The maximum Gasteiger partial charge on any atom is 0.238 e. The van der Waals surface area contributed by atoms with E-state index in [0.29, 0.717) is 12.5 Å². The fourth-order valence-electron chi connectivity index (χ4n) is 1.74. The molecule has 88 valence electrons. The number of methoxy groups -OCH3 is 1. The fraction of sp³-hybridized carbons (Fsp3) is 0.900. The van der Waals surface area contributed by atoms with E-state index in [1.54, 1.807) is 18.9 Å². The van der Waals surface area contributed by atoms with Crippen molar-refractivity contribution in [2.24, 2.45) is 11.7 Å². The van der Waals surface area contributed by atoms with Crippen molar-refractivity contribution in [2.75, 3.05) is 32.3 Å². The summed E-state index contributed by atoms with van der Waals surface area (Å²) in [5, 5.41) is 3.12. The molecule has 3 N–H and O–H groups in total. The van der Waals surface area contributed by atoms with Gasteiger partial charge in [-0.1, -0.05) is 0 Å². The monoisotopic (exact) mass is 232 g/mol. The van der Waals surface area contributed by atoms with Crippen LogP contribution >= 0.6 is 11.8 Å². The van der Waals surface area contributed by atoms with Crippen LogP contribution in [0.1, 0.15) is 12.8 Å². The first-order chi connectivity index (χ1) is 7.17. The van der Waals surface area contributed by atoms with Gasteiger partial charge in [0.2, 0.25) is 5.91 Å². The zero-order valence-corrected chi connectivity index (χ0v) is 10.2. The Morgan fingerprint density at radius 3 is 2.73 bits per heavy atom. The van der Waals surface area contributed by atoms with E-state index in [0.717, 1.165) is 24.3 Å². The smallest absolute Gasteiger partial charge is 0.238 e. The first kappa shape index (κ1) is 12.8. The minimum Gasteiger partial charge on any atom is -0.384 e. The summed E-state index contributed by atoms with van der Waals surface area (Å²) in [6.07, 6.45) is 2.21. The summed E-state index contributed by atoms with van der Waals surface area (Å²) in [4.78, 5) is 11.5. The van der Waals surface area contributed by atoms with Crippen molar-refractivity contribution in [3.8, 4) is 0 Å². The number of nitrogens with one attached hydrogen (secondary N) is 1. The first-order valence-electron chi connectivity index (χ1n) is 5.23. The van der Waals surface area contributed by atoms with Crippen molar-refractivity contribution in [1.82, 2.24) is 5.32 Å². The molecule has 1 aliphatic carbocycles. The molecular weight excluding hydrogens is 212 g/mol. The maximum atomic E-state index is 11.5. The topological polar surface area (TPSA) is 64.3 Å². The van der Waals surface area contributed by atoms with Gasteiger partial charge in [-0.05, 0) is 25.8 Å². The largest absolute Gasteiger partial charge is 0.384 e. The molecule has 1 unspecified atom stereocenters. The number of rotatable bonds is 8. The summed E-state index contributed by atoms with van der Waals surface area (Å²) < 4.78 is 4.97. The molecule has 0 aromatic rings. The molecule has 15 heavy (non-hydrogen) atoms. The van der Waals surface area contributed by atoms with Crippen molar-refractivity contribution in [3.63, 3.8) is 0 Å². The third-order valence-corrected chi connectivity index (χ3v) is 4.04. The number of likely N-dealkylation sites (N-methyl/N-ethyl adjacent to an activating group) is 1. The van der Waals surface area contributed by atoms with E-state index >= 15 is 0 Å².